The van der Waals surface area contributed by atoms with E-state index in [1.54, 1.807) is 0 Å². The molecule has 1 aromatic carbocycles. The lowest BCUT2D eigenvalue weighted by atomic mass is 10.3. The van der Waals surface area contributed by atoms with E-state index in [1.807, 2.05) is 12.1 Å². The third kappa shape index (κ3) is 6.19. The number of carboxylic acid groups (broad SMARTS) is 1. The third-order valence-electron chi connectivity index (χ3n) is 2.12. The molecule has 4 N–H and O–H groups in total. The Morgan fingerprint density at radius 3 is 2.35 bits per heavy atom. The molecule has 0 saturated carbocycles. The van der Waals surface area contributed by atoms with E-state index in [4.69, 9.17) is 10.8 Å². The van der Waals surface area contributed by atoms with Crippen molar-refractivity contribution in [2.45, 2.75) is 6.04 Å². The number of aliphatic carboxylic acids is 1. The summed E-state index contributed by atoms with van der Waals surface area (Å²) in [4.78, 5) is 22.4. The van der Waals surface area contributed by atoms with Gasteiger partial charge in [-0.1, -0.05) is 0 Å². The number of hydrogen-bond donors (Lipinski definition) is 3. The van der Waals surface area contributed by atoms with Gasteiger partial charge in [0, 0.05) is 16.5 Å². The molecular formula is C11H11I3N2O3S. The van der Waals surface area contributed by atoms with Gasteiger partial charge in [-0.05, 0) is 79.9 Å². The van der Waals surface area contributed by atoms with Crippen LogP contribution in [-0.4, -0.2) is 34.5 Å². The summed E-state index contributed by atoms with van der Waals surface area (Å²) in [6.07, 6.45) is 0. The van der Waals surface area contributed by atoms with Crippen LogP contribution < -0.4 is 11.1 Å². The van der Waals surface area contributed by atoms with Gasteiger partial charge in [0.25, 0.3) is 0 Å². The fourth-order valence-corrected chi connectivity index (χ4v) is 5.81. The van der Waals surface area contributed by atoms with Crippen molar-refractivity contribution in [2.24, 2.45) is 5.73 Å². The van der Waals surface area contributed by atoms with Gasteiger partial charge in [-0.15, -0.1) is 11.8 Å². The van der Waals surface area contributed by atoms with Gasteiger partial charge in [0.2, 0.25) is 5.91 Å². The van der Waals surface area contributed by atoms with Crippen LogP contribution in [0.5, 0.6) is 0 Å². The lowest BCUT2D eigenvalue weighted by molar-refractivity contribution is -0.137. The normalized spacial score (nSPS) is 12.0. The first-order valence-electron chi connectivity index (χ1n) is 5.31. The average molecular weight is 632 g/mol. The molecule has 1 rings (SSSR count). The van der Waals surface area contributed by atoms with Gasteiger partial charge < -0.3 is 16.2 Å². The molecule has 0 radical (unpaired) electrons. The van der Waals surface area contributed by atoms with E-state index < -0.39 is 12.0 Å². The van der Waals surface area contributed by atoms with Crippen LogP contribution in [0, 0.1) is 10.7 Å². The van der Waals surface area contributed by atoms with Crippen LogP contribution >= 0.6 is 79.5 Å². The first-order valence-corrected chi connectivity index (χ1v) is 9.71. The van der Waals surface area contributed by atoms with Gasteiger partial charge in [-0.3, -0.25) is 9.59 Å². The Hall–Kier alpha value is 0.660. The molecule has 1 aromatic rings. The fourth-order valence-electron chi connectivity index (χ4n) is 1.19. The van der Waals surface area contributed by atoms with Crippen molar-refractivity contribution in [1.29, 1.82) is 0 Å². The first kappa shape index (κ1) is 18.7. The van der Waals surface area contributed by atoms with Gasteiger partial charge in [-0.25, -0.2) is 0 Å². The SMILES string of the molecule is NC(CSCC(=O)Nc1c(I)cc(I)cc1I)C(=O)O. The molecule has 9 heteroatoms. The van der Waals surface area contributed by atoms with Crippen LogP contribution in [0.1, 0.15) is 0 Å². The van der Waals surface area contributed by atoms with E-state index in [1.165, 1.54) is 11.8 Å². The third-order valence-corrected chi connectivity index (χ3v) is 5.50. The second kappa shape index (κ2) is 8.95. The molecule has 1 atom stereocenters. The summed E-state index contributed by atoms with van der Waals surface area (Å²) in [5, 5.41) is 11.5. The number of halogens is 3. The molecule has 110 valence electrons. The summed E-state index contributed by atoms with van der Waals surface area (Å²) in [6, 6.07) is 3.02. The van der Waals surface area contributed by atoms with E-state index in [9.17, 15) is 9.59 Å². The topological polar surface area (TPSA) is 92.4 Å². The molecule has 5 nitrogen and oxygen atoms in total. The predicted octanol–water partition coefficient (Wildman–Crippen LogP) is 2.58. The Morgan fingerprint density at radius 2 is 1.85 bits per heavy atom. The number of amides is 1. The van der Waals surface area contributed by atoms with Crippen molar-refractivity contribution < 1.29 is 14.7 Å². The predicted molar refractivity (Wildman–Crippen MR) is 106 cm³/mol. The number of rotatable bonds is 6. The van der Waals surface area contributed by atoms with E-state index in [2.05, 4.69) is 73.1 Å². The van der Waals surface area contributed by atoms with Gasteiger partial charge in [0.05, 0.1) is 11.4 Å². The van der Waals surface area contributed by atoms with Gasteiger partial charge in [-0.2, -0.15) is 0 Å². The zero-order valence-electron chi connectivity index (χ0n) is 10.0. The zero-order chi connectivity index (χ0) is 15.3. The first-order chi connectivity index (χ1) is 9.31. The highest BCUT2D eigenvalue weighted by molar-refractivity contribution is 14.1. The maximum absolute atomic E-state index is 11.8. The van der Waals surface area contributed by atoms with Crippen LogP contribution in [0.3, 0.4) is 0 Å². The molecular weight excluding hydrogens is 621 g/mol. The molecule has 0 saturated heterocycles. The molecule has 20 heavy (non-hydrogen) atoms. The number of hydrogen-bond acceptors (Lipinski definition) is 4. The summed E-state index contributed by atoms with van der Waals surface area (Å²) in [5.74, 6) is -0.827. The molecule has 0 fully saturated rings. The average Bonchev–Trinajstić information content (AvgIpc) is 2.33. The number of anilines is 1. The molecule has 1 amide bonds. The van der Waals surface area contributed by atoms with E-state index in [0.29, 0.717) is 0 Å². The molecule has 0 aliphatic rings. The van der Waals surface area contributed by atoms with E-state index in [0.717, 1.165) is 16.4 Å². The van der Waals surface area contributed by atoms with Gasteiger partial charge in [0.15, 0.2) is 0 Å². The highest BCUT2D eigenvalue weighted by Crippen LogP contribution is 2.27. The molecule has 0 spiro atoms. The fraction of sp³-hybridized carbons (Fsp3) is 0.273. The zero-order valence-corrected chi connectivity index (χ0v) is 17.3. The quantitative estimate of drug-likeness (QED) is 0.420. The highest BCUT2D eigenvalue weighted by atomic mass is 127. The monoisotopic (exact) mass is 632 g/mol. The molecule has 0 bridgehead atoms. The molecule has 0 aromatic heterocycles. The Balaban J connectivity index is 2.53. The second-order valence-electron chi connectivity index (χ2n) is 3.75. The van der Waals surface area contributed by atoms with Crippen LogP contribution in [0.15, 0.2) is 12.1 Å². The smallest absolute Gasteiger partial charge is 0.321 e. The van der Waals surface area contributed by atoms with E-state index >= 15 is 0 Å². The Labute approximate surface area is 161 Å². The number of benzene rings is 1. The maximum Gasteiger partial charge on any atom is 0.321 e. The summed E-state index contributed by atoms with van der Waals surface area (Å²) in [6.45, 7) is 0. The number of thioether (sulfide) groups is 1. The number of carbonyl (C=O) groups excluding carboxylic acids is 1. The number of nitrogens with two attached hydrogens (primary N) is 1. The summed E-state index contributed by atoms with van der Waals surface area (Å²) in [7, 11) is 0. The lowest BCUT2D eigenvalue weighted by Crippen LogP contribution is -2.33. The lowest BCUT2D eigenvalue weighted by Gasteiger charge is -2.11. The van der Waals surface area contributed by atoms with Crippen LogP contribution in [0.25, 0.3) is 0 Å². The number of carbonyl (C=O) groups is 2. The van der Waals surface area contributed by atoms with Crippen LogP contribution in [-0.2, 0) is 9.59 Å². The minimum absolute atomic E-state index is 0.162. The van der Waals surface area contributed by atoms with Crippen molar-refractivity contribution >= 4 is 97.1 Å². The summed E-state index contributed by atoms with van der Waals surface area (Å²) < 4.78 is 3.05. The van der Waals surface area contributed by atoms with Gasteiger partial charge in [0.1, 0.15) is 6.04 Å². The summed E-state index contributed by atoms with van der Waals surface area (Å²) in [5.41, 5.74) is 6.16. The van der Waals surface area contributed by atoms with Crippen LogP contribution in [0.2, 0.25) is 0 Å². The standard InChI is InChI=1S/C11H11I3N2O3S/c12-5-1-6(13)10(7(14)2-5)16-9(17)4-20-3-8(15)11(18)19/h1-2,8H,3-4,15H2,(H,16,17)(H,18,19). The molecule has 1 unspecified atom stereocenters. The van der Waals surface area contributed by atoms with Crippen molar-refractivity contribution in [3.63, 3.8) is 0 Å². The second-order valence-corrected chi connectivity index (χ2v) is 8.35. The van der Waals surface area contributed by atoms with Crippen molar-refractivity contribution in [3.8, 4) is 0 Å². The minimum Gasteiger partial charge on any atom is -0.480 e. The van der Waals surface area contributed by atoms with Crippen molar-refractivity contribution in [2.75, 3.05) is 16.8 Å². The Morgan fingerprint density at radius 1 is 1.30 bits per heavy atom. The highest BCUT2D eigenvalue weighted by Gasteiger charge is 2.14. The Bertz CT molecular complexity index is 505. The van der Waals surface area contributed by atoms with Crippen molar-refractivity contribution in [3.05, 3.63) is 22.8 Å². The summed E-state index contributed by atoms with van der Waals surface area (Å²) >= 11 is 7.78. The van der Waals surface area contributed by atoms with Gasteiger partial charge >= 0.3 is 5.97 Å². The Kier molecular flexibility index (Phi) is 8.37. The molecule has 0 heterocycles. The van der Waals surface area contributed by atoms with Crippen LogP contribution in [0.4, 0.5) is 5.69 Å². The molecule has 0 aliphatic heterocycles. The number of carboxylic acids is 1. The maximum atomic E-state index is 11.8. The largest absolute Gasteiger partial charge is 0.480 e. The number of nitrogens with one attached hydrogen (secondary N) is 1. The van der Waals surface area contributed by atoms with Crippen molar-refractivity contribution in [1.82, 2.24) is 0 Å². The molecule has 0 aliphatic carbocycles. The minimum atomic E-state index is -1.06. The van der Waals surface area contributed by atoms with E-state index in [-0.39, 0.29) is 17.4 Å².